The number of amides is 12. The molecule has 2 heterocycles. The van der Waals surface area contributed by atoms with Crippen molar-refractivity contribution in [2.24, 2.45) is 28.9 Å². The van der Waals surface area contributed by atoms with Crippen LogP contribution in [0.1, 0.15) is 95.8 Å². The number of aliphatic carboxylic acids is 1. The summed E-state index contributed by atoms with van der Waals surface area (Å²) in [6.07, 6.45) is 2.27. The second-order valence-electron chi connectivity index (χ2n) is 23.2. The van der Waals surface area contributed by atoms with Crippen molar-refractivity contribution in [3.63, 3.8) is 0 Å². The lowest BCUT2D eigenvalue weighted by Gasteiger charge is -2.28. The first-order valence-electron chi connectivity index (χ1n) is 31.2. The summed E-state index contributed by atoms with van der Waals surface area (Å²) >= 11 is 4.25. The smallest absolute Gasteiger partial charge is 0.303 e. The molecule has 0 spiro atoms. The van der Waals surface area contributed by atoms with Crippen molar-refractivity contribution in [3.8, 4) is 0 Å². The minimum atomic E-state index is -1.57. The molecule has 0 aliphatic heterocycles. The predicted molar refractivity (Wildman–Crippen MR) is 355 cm³/mol. The number of nitrogens with two attached hydrogens (primary N) is 4. The van der Waals surface area contributed by atoms with Gasteiger partial charge in [0.05, 0.1) is 12.6 Å². The summed E-state index contributed by atoms with van der Waals surface area (Å²) in [6.45, 7) is 5.56. The highest BCUT2D eigenvalue weighted by Gasteiger charge is 2.36. The fraction of sp³-hybridized carbons (Fsp3) is 0.453. The molecule has 5 aromatic rings. The Morgan fingerprint density at radius 2 is 0.968 bits per heavy atom. The van der Waals surface area contributed by atoms with Gasteiger partial charge in [0.1, 0.15) is 54.4 Å². The molecule has 11 atom stereocenters. The van der Waals surface area contributed by atoms with Crippen molar-refractivity contribution < 1.29 is 67.4 Å². The van der Waals surface area contributed by atoms with Crippen LogP contribution < -0.4 is 76.1 Å². The average molecular weight is 1340 g/mol. The highest BCUT2D eigenvalue weighted by atomic mass is 32.1. The van der Waals surface area contributed by atoms with E-state index in [2.05, 4.69) is 75.8 Å². The molecule has 3 aromatic carbocycles. The van der Waals surface area contributed by atoms with Gasteiger partial charge in [0.15, 0.2) is 0 Å². The lowest BCUT2D eigenvalue weighted by Crippen LogP contribution is -2.60. The molecule has 5 rings (SSSR count). The Bertz CT molecular complexity index is 3510. The Kier molecular flexibility index (Phi) is 30.1. The largest absolute Gasteiger partial charge is 0.481 e. The summed E-state index contributed by atoms with van der Waals surface area (Å²) in [6, 6.07) is 9.64. The van der Waals surface area contributed by atoms with Crippen LogP contribution in [0.3, 0.4) is 0 Å². The third-order valence-corrected chi connectivity index (χ3v) is 16.2. The number of aromatic nitrogens is 2. The van der Waals surface area contributed by atoms with Crippen LogP contribution in [0.2, 0.25) is 0 Å². The van der Waals surface area contributed by atoms with Crippen LogP contribution in [0.15, 0.2) is 91.3 Å². The number of carboxylic acid groups (broad SMARTS) is 1. The van der Waals surface area contributed by atoms with E-state index in [1.807, 2.05) is 24.3 Å². The highest BCUT2D eigenvalue weighted by molar-refractivity contribution is 7.80. The molecule has 21 N–H and O–H groups in total. The number of nitrogens with one attached hydrogen (secondary N) is 12. The quantitative estimate of drug-likeness (QED) is 0.0153. The van der Waals surface area contributed by atoms with E-state index in [4.69, 9.17) is 22.9 Å². The SMILES string of the molecule is CC[C@H](C)[C@@H](NC(=O)[C@@H](CCCCN)NC(=O)[C@@H](CCC(N)=O)NC(=O)[C@@H](CCC(=O)O)NC(=O)[C@H](N)Cc1ccccc1)C(=O)NCC(=O)N[C@H](C)C(=O)N[C@H](Cc1c[nH]c2ccccc12)C(=O)N[C@H](Cc1c[nH]c2ccccc12)C(=O)N[C@H](CS)C(=O)N[C@H](C)C(N)=O. The van der Waals surface area contributed by atoms with E-state index in [1.165, 1.54) is 13.8 Å². The van der Waals surface area contributed by atoms with Crippen molar-refractivity contribution in [2.75, 3.05) is 18.8 Å². The van der Waals surface area contributed by atoms with Crippen molar-refractivity contribution in [3.05, 3.63) is 108 Å². The molecule has 0 saturated heterocycles. The number of hydrogen-bond acceptors (Lipinski definition) is 16. The number of carbonyl (C=O) groups is 13. The number of hydrogen-bond donors (Lipinski definition) is 18. The molecule has 0 aliphatic rings. The van der Waals surface area contributed by atoms with E-state index in [-0.39, 0.29) is 44.4 Å². The molecule has 95 heavy (non-hydrogen) atoms. The number of fused-ring (bicyclic) bond motifs is 2. The standard InChI is InChI=1S/C64H88N16O14S/c1-5-34(2)54(80-60(90)45(21-13-14-26-65)75-58(88)46(22-24-51(67)81)76-59(89)47(23-25-53(83)84)74-57(87)42(66)27-37-15-7-6-8-16-37)64(94)71-32-52(82)72-36(4)56(86)77-48(28-38-30-69-43-19-11-9-17-40(38)43)61(91)78-49(29-39-31-70-44-20-12-10-18-41(39)44)62(92)79-50(33-95)63(93)73-35(3)55(68)85/h6-12,15-20,30-31,34-36,42,45-50,54,69-70,95H,5,13-14,21-29,32-33,65-66H2,1-4H3,(H2,67,81)(H2,68,85)(H,71,94)(H,72,82)(H,73,93)(H,74,87)(H,75,88)(H,76,89)(H,77,86)(H,78,91)(H,79,92)(H,80,90)(H,83,84)/t34-,35+,36+,42+,45+,46+,47+,48+,49+,50+,54+/m0/s1. The second-order valence-corrected chi connectivity index (χ2v) is 23.6. The summed E-state index contributed by atoms with van der Waals surface area (Å²) < 4.78 is 0. The summed E-state index contributed by atoms with van der Waals surface area (Å²) in [5.41, 5.74) is 26.1. The lowest BCUT2D eigenvalue weighted by atomic mass is 9.97. The number of aromatic amines is 2. The molecule has 12 amide bonds. The molecule has 2 aromatic heterocycles. The molecule has 30 nitrogen and oxygen atoms in total. The van der Waals surface area contributed by atoms with Crippen molar-refractivity contribution >= 4 is 111 Å². The van der Waals surface area contributed by atoms with E-state index in [0.717, 1.165) is 21.8 Å². The molecule has 0 aliphatic carbocycles. The number of rotatable bonds is 40. The topological polar surface area (TPSA) is 498 Å². The highest BCUT2D eigenvalue weighted by Crippen LogP contribution is 2.22. The van der Waals surface area contributed by atoms with Crippen LogP contribution in [-0.4, -0.2) is 171 Å². The van der Waals surface area contributed by atoms with Gasteiger partial charge < -0.3 is 91.2 Å². The van der Waals surface area contributed by atoms with Crippen molar-refractivity contribution in [1.29, 1.82) is 0 Å². The van der Waals surface area contributed by atoms with Gasteiger partial charge in [0, 0.05) is 65.6 Å². The van der Waals surface area contributed by atoms with Gasteiger partial charge in [-0.05, 0) is 93.7 Å². The summed E-state index contributed by atoms with van der Waals surface area (Å²) in [5.74, 6) is -12.4. The Hall–Kier alpha value is -9.88. The minimum absolute atomic E-state index is 0.0402. The first-order valence-corrected chi connectivity index (χ1v) is 31.9. The zero-order valence-corrected chi connectivity index (χ0v) is 54.3. The van der Waals surface area contributed by atoms with Gasteiger partial charge in [-0.15, -0.1) is 0 Å². The van der Waals surface area contributed by atoms with Gasteiger partial charge in [-0.3, -0.25) is 62.3 Å². The number of primary amides is 2. The summed E-state index contributed by atoms with van der Waals surface area (Å²) in [4.78, 5) is 181. The third-order valence-electron chi connectivity index (χ3n) is 15.9. The Balaban J connectivity index is 1.29. The molecule has 0 fully saturated rings. The first-order chi connectivity index (χ1) is 45.2. The molecular weight excluding hydrogens is 1250 g/mol. The number of benzene rings is 3. The maximum Gasteiger partial charge on any atom is 0.303 e. The zero-order valence-electron chi connectivity index (χ0n) is 53.4. The molecule has 0 unspecified atom stereocenters. The van der Waals surface area contributed by atoms with Gasteiger partial charge >= 0.3 is 5.97 Å². The summed E-state index contributed by atoms with van der Waals surface area (Å²) in [5, 5.41) is 36.6. The Labute approximate surface area is 554 Å². The lowest BCUT2D eigenvalue weighted by molar-refractivity contribution is -0.138. The van der Waals surface area contributed by atoms with E-state index < -0.39 is 175 Å². The first kappa shape index (κ1) is 75.8. The molecular formula is C64H88N16O14S. The maximum absolute atomic E-state index is 14.7. The molecule has 31 heteroatoms. The van der Waals surface area contributed by atoms with Gasteiger partial charge in [0.2, 0.25) is 70.9 Å². The van der Waals surface area contributed by atoms with Gasteiger partial charge in [-0.25, -0.2) is 0 Å². The van der Waals surface area contributed by atoms with Crippen LogP contribution >= 0.6 is 12.6 Å². The summed E-state index contributed by atoms with van der Waals surface area (Å²) in [7, 11) is 0. The van der Waals surface area contributed by atoms with Crippen LogP contribution in [0.25, 0.3) is 21.8 Å². The Morgan fingerprint density at radius 3 is 1.48 bits per heavy atom. The molecule has 514 valence electrons. The van der Waals surface area contributed by atoms with E-state index >= 15 is 0 Å². The van der Waals surface area contributed by atoms with E-state index in [0.29, 0.717) is 29.5 Å². The molecule has 0 radical (unpaired) electrons. The van der Waals surface area contributed by atoms with Gasteiger partial charge in [-0.1, -0.05) is 87.0 Å². The van der Waals surface area contributed by atoms with Crippen LogP contribution in [-0.2, 0) is 81.6 Å². The van der Waals surface area contributed by atoms with Crippen LogP contribution in [0.4, 0.5) is 0 Å². The van der Waals surface area contributed by atoms with Crippen LogP contribution in [0.5, 0.6) is 0 Å². The number of H-pyrrole nitrogens is 2. The van der Waals surface area contributed by atoms with Crippen molar-refractivity contribution in [1.82, 2.24) is 63.1 Å². The number of para-hydroxylation sites is 2. The van der Waals surface area contributed by atoms with Gasteiger partial charge in [-0.2, -0.15) is 12.6 Å². The number of thiol groups is 1. The van der Waals surface area contributed by atoms with E-state index in [1.54, 1.807) is 80.8 Å². The fourth-order valence-electron chi connectivity index (χ4n) is 10.1. The average Bonchev–Trinajstić information content (AvgIpc) is 1.73. The third kappa shape index (κ3) is 23.9. The number of carboxylic acids is 1. The number of carbonyl (C=O) groups excluding carboxylic acids is 12. The predicted octanol–water partition coefficient (Wildman–Crippen LogP) is -1.76. The molecule has 0 saturated carbocycles. The minimum Gasteiger partial charge on any atom is -0.481 e. The monoisotopic (exact) mass is 1340 g/mol. The van der Waals surface area contributed by atoms with Gasteiger partial charge in [0.25, 0.3) is 0 Å². The second kappa shape index (κ2) is 37.7. The Morgan fingerprint density at radius 1 is 0.505 bits per heavy atom. The molecule has 0 bridgehead atoms. The van der Waals surface area contributed by atoms with Crippen LogP contribution in [0, 0.1) is 5.92 Å². The van der Waals surface area contributed by atoms with E-state index in [9.17, 15) is 67.4 Å². The fourth-order valence-corrected chi connectivity index (χ4v) is 10.4. The normalized spacial score (nSPS) is 14.6. The number of unbranched alkanes of at least 4 members (excludes halogenated alkanes) is 1. The maximum atomic E-state index is 14.7. The van der Waals surface area contributed by atoms with Crippen molar-refractivity contribution in [2.45, 2.75) is 159 Å². The zero-order chi connectivity index (χ0) is 69.9.